The van der Waals surface area contributed by atoms with E-state index in [-0.39, 0.29) is 23.3 Å². The molecule has 1 saturated carbocycles. The summed E-state index contributed by atoms with van der Waals surface area (Å²) in [5.74, 6) is 0.301. The van der Waals surface area contributed by atoms with Gasteiger partial charge in [-0.25, -0.2) is 0 Å². The number of likely N-dealkylation sites (tertiary alicyclic amines) is 1. The minimum Gasteiger partial charge on any atom is -0.383 e. The Morgan fingerprint density at radius 1 is 1.35 bits per heavy atom. The van der Waals surface area contributed by atoms with Gasteiger partial charge in [-0.1, -0.05) is 30.7 Å². The normalized spacial score (nSPS) is 25.2. The number of benzene rings is 1. The first-order valence-electron chi connectivity index (χ1n) is 9.65. The molecule has 1 aromatic carbocycles. The molecule has 1 aliphatic carbocycles. The molecule has 0 aromatic heterocycles. The molecule has 2 unspecified atom stereocenters. The van der Waals surface area contributed by atoms with Gasteiger partial charge in [0.05, 0.1) is 13.0 Å². The summed E-state index contributed by atoms with van der Waals surface area (Å²) in [6.45, 7) is 3.92. The maximum absolute atomic E-state index is 12.5. The number of amides is 2. The average molecular weight is 358 g/mol. The molecule has 5 heteroatoms. The number of piperidine rings is 1. The summed E-state index contributed by atoms with van der Waals surface area (Å²) in [6.07, 6.45) is 5.11. The van der Waals surface area contributed by atoms with Crippen LogP contribution >= 0.6 is 0 Å². The van der Waals surface area contributed by atoms with Crippen LogP contribution in [0.15, 0.2) is 24.3 Å². The van der Waals surface area contributed by atoms with Crippen molar-refractivity contribution in [1.29, 1.82) is 0 Å². The smallest absolute Gasteiger partial charge is 0.224 e. The summed E-state index contributed by atoms with van der Waals surface area (Å²) in [5, 5.41) is 3.17. The van der Waals surface area contributed by atoms with E-state index in [1.54, 1.807) is 7.11 Å². The fourth-order valence-corrected chi connectivity index (χ4v) is 4.65. The number of aryl methyl sites for hydroxylation is 1. The van der Waals surface area contributed by atoms with Crippen molar-refractivity contribution in [2.75, 3.05) is 26.8 Å². The molecule has 5 nitrogen and oxygen atoms in total. The summed E-state index contributed by atoms with van der Waals surface area (Å²) in [5.41, 5.74) is 2.25. The largest absolute Gasteiger partial charge is 0.383 e. The first-order valence-corrected chi connectivity index (χ1v) is 9.65. The number of rotatable bonds is 7. The van der Waals surface area contributed by atoms with Crippen LogP contribution in [0.2, 0.25) is 0 Å². The van der Waals surface area contributed by atoms with Gasteiger partial charge in [-0.3, -0.25) is 9.59 Å². The quantitative estimate of drug-likeness (QED) is 0.815. The molecule has 0 spiro atoms. The lowest BCUT2D eigenvalue weighted by Gasteiger charge is -2.46. The number of carbonyl (C=O) groups excluding carboxylic acids is 2. The lowest BCUT2D eigenvalue weighted by atomic mass is 9.74. The number of fused-ring (bicyclic) bond motifs is 1. The molecular formula is C21H30N2O3. The molecule has 0 bridgehead atoms. The number of methoxy groups -OCH3 is 1. The third kappa shape index (κ3) is 3.93. The lowest BCUT2D eigenvalue weighted by Crippen LogP contribution is -2.56. The molecule has 2 amide bonds. The van der Waals surface area contributed by atoms with Crippen LogP contribution in [0.1, 0.15) is 43.2 Å². The van der Waals surface area contributed by atoms with Crippen molar-refractivity contribution in [3.8, 4) is 0 Å². The Morgan fingerprint density at radius 3 is 2.92 bits per heavy atom. The number of hydrogen-bond acceptors (Lipinski definition) is 3. The molecule has 1 saturated heterocycles. The van der Waals surface area contributed by atoms with Gasteiger partial charge in [-0.2, -0.15) is 0 Å². The topological polar surface area (TPSA) is 58.6 Å². The van der Waals surface area contributed by atoms with Gasteiger partial charge >= 0.3 is 0 Å². The van der Waals surface area contributed by atoms with E-state index in [1.807, 2.05) is 36.1 Å². The summed E-state index contributed by atoms with van der Waals surface area (Å²) in [4.78, 5) is 26.9. The van der Waals surface area contributed by atoms with Crippen molar-refractivity contribution in [3.05, 3.63) is 35.4 Å². The zero-order valence-electron chi connectivity index (χ0n) is 15.9. The minimum atomic E-state index is 0.0308. The minimum absolute atomic E-state index is 0.0308. The number of nitrogens with zero attached hydrogens (tertiary/aromatic N) is 1. The maximum Gasteiger partial charge on any atom is 0.224 e. The van der Waals surface area contributed by atoms with Gasteiger partial charge in [0.25, 0.3) is 0 Å². The van der Waals surface area contributed by atoms with Gasteiger partial charge in [0.1, 0.15) is 0 Å². The molecule has 1 N–H and O–H groups in total. The van der Waals surface area contributed by atoms with E-state index in [9.17, 15) is 9.59 Å². The molecule has 1 aromatic rings. The van der Waals surface area contributed by atoms with Crippen molar-refractivity contribution in [1.82, 2.24) is 10.2 Å². The van der Waals surface area contributed by atoms with E-state index in [0.717, 1.165) is 36.8 Å². The molecule has 3 rings (SSSR count). The Bertz CT molecular complexity index is 660. The van der Waals surface area contributed by atoms with Crippen LogP contribution in [-0.4, -0.2) is 49.6 Å². The second-order valence-electron chi connectivity index (χ2n) is 7.73. The van der Waals surface area contributed by atoms with Crippen molar-refractivity contribution in [2.45, 2.75) is 51.5 Å². The highest BCUT2D eigenvalue weighted by Crippen LogP contribution is 2.47. The Kier molecular flexibility index (Phi) is 5.97. The Morgan fingerprint density at radius 2 is 2.15 bits per heavy atom. The van der Waals surface area contributed by atoms with Crippen molar-refractivity contribution < 1.29 is 14.3 Å². The zero-order chi connectivity index (χ0) is 18.6. The second-order valence-corrected chi connectivity index (χ2v) is 7.73. The standard InChI is InChI=1S/C21H30N2O3/c1-16-6-3-4-7-17(16)14-19(24)22-15-21-10-5-8-18(21)23(12-13-26-2)20(25)9-11-21/h3-4,6-7,18H,5,8-15H2,1-2H3,(H,22,24). The van der Waals surface area contributed by atoms with E-state index in [2.05, 4.69) is 5.32 Å². The molecule has 2 aliphatic rings. The molecule has 2 atom stereocenters. The van der Waals surface area contributed by atoms with Gasteiger partial charge in [-0.15, -0.1) is 0 Å². The molecule has 0 radical (unpaired) electrons. The van der Waals surface area contributed by atoms with Gasteiger partial charge in [0, 0.05) is 38.1 Å². The Hall–Kier alpha value is -1.88. The van der Waals surface area contributed by atoms with Crippen molar-refractivity contribution >= 4 is 11.8 Å². The van der Waals surface area contributed by atoms with Crippen LogP contribution in [0.5, 0.6) is 0 Å². The van der Waals surface area contributed by atoms with Crippen LogP contribution in [-0.2, 0) is 20.7 Å². The third-order valence-electron chi connectivity index (χ3n) is 6.18. The number of nitrogens with one attached hydrogen (secondary N) is 1. The monoisotopic (exact) mass is 358 g/mol. The first-order chi connectivity index (χ1) is 12.6. The van der Waals surface area contributed by atoms with Gasteiger partial charge < -0.3 is 15.0 Å². The highest BCUT2D eigenvalue weighted by molar-refractivity contribution is 5.79. The predicted octanol–water partition coefficient (Wildman–Crippen LogP) is 2.46. The maximum atomic E-state index is 12.5. The molecule has 26 heavy (non-hydrogen) atoms. The SMILES string of the molecule is COCCN1C(=O)CCC2(CNC(=O)Cc3ccccc3C)CCCC12. The van der Waals surface area contributed by atoms with Crippen LogP contribution in [0.25, 0.3) is 0 Å². The second kappa shape index (κ2) is 8.21. The molecular weight excluding hydrogens is 328 g/mol. The van der Waals surface area contributed by atoms with Crippen molar-refractivity contribution in [2.24, 2.45) is 5.41 Å². The van der Waals surface area contributed by atoms with Gasteiger partial charge in [0.2, 0.25) is 11.8 Å². The lowest BCUT2D eigenvalue weighted by molar-refractivity contribution is -0.142. The fraction of sp³-hybridized carbons (Fsp3) is 0.619. The highest BCUT2D eigenvalue weighted by atomic mass is 16.5. The summed E-state index contributed by atoms with van der Waals surface area (Å²) in [7, 11) is 1.67. The molecule has 2 fully saturated rings. The van der Waals surface area contributed by atoms with Crippen molar-refractivity contribution in [3.63, 3.8) is 0 Å². The molecule has 142 valence electrons. The molecule has 1 heterocycles. The van der Waals surface area contributed by atoms with E-state index >= 15 is 0 Å². The molecule has 1 aliphatic heterocycles. The zero-order valence-corrected chi connectivity index (χ0v) is 15.9. The summed E-state index contributed by atoms with van der Waals surface area (Å²) in [6, 6.07) is 8.25. The number of carbonyl (C=O) groups is 2. The number of hydrogen-bond donors (Lipinski definition) is 1. The van der Waals surface area contributed by atoms with Crippen LogP contribution in [0, 0.1) is 12.3 Å². The van der Waals surface area contributed by atoms with E-state index < -0.39 is 0 Å². The van der Waals surface area contributed by atoms with Gasteiger partial charge in [0.15, 0.2) is 0 Å². The van der Waals surface area contributed by atoms with Crippen LogP contribution in [0.4, 0.5) is 0 Å². The average Bonchev–Trinajstić information content (AvgIpc) is 3.06. The van der Waals surface area contributed by atoms with E-state index in [0.29, 0.717) is 32.5 Å². The van der Waals surface area contributed by atoms with Gasteiger partial charge in [-0.05, 0) is 37.3 Å². The number of ether oxygens (including phenoxy) is 1. The van der Waals surface area contributed by atoms with E-state index in [1.165, 1.54) is 0 Å². The fourth-order valence-electron chi connectivity index (χ4n) is 4.65. The van der Waals surface area contributed by atoms with Crippen LogP contribution < -0.4 is 5.32 Å². The third-order valence-corrected chi connectivity index (χ3v) is 6.18. The van der Waals surface area contributed by atoms with E-state index in [4.69, 9.17) is 4.74 Å². The summed E-state index contributed by atoms with van der Waals surface area (Å²) >= 11 is 0. The predicted molar refractivity (Wildman–Crippen MR) is 101 cm³/mol. The first kappa shape index (κ1) is 18.9. The Labute approximate surface area is 156 Å². The Balaban J connectivity index is 1.63. The summed E-state index contributed by atoms with van der Waals surface area (Å²) < 4.78 is 5.19. The highest BCUT2D eigenvalue weighted by Gasteiger charge is 2.50. The van der Waals surface area contributed by atoms with Crippen LogP contribution in [0.3, 0.4) is 0 Å².